The summed E-state index contributed by atoms with van der Waals surface area (Å²) in [6, 6.07) is 5.96. The summed E-state index contributed by atoms with van der Waals surface area (Å²) in [7, 11) is 0. The SMILES string of the molecule is C=C1C(CO)=Cc2cc(Cl)ccc2C(N2CCNCC2)C1=N/C=C\CC. The van der Waals surface area contributed by atoms with E-state index in [0.29, 0.717) is 5.02 Å². The van der Waals surface area contributed by atoms with Crippen molar-refractivity contribution in [1.82, 2.24) is 10.2 Å². The van der Waals surface area contributed by atoms with Gasteiger partial charge in [0.05, 0.1) is 18.4 Å². The Morgan fingerprint density at radius 3 is 2.85 bits per heavy atom. The number of allylic oxidation sites excluding steroid dienone is 1. The lowest BCUT2D eigenvalue weighted by Gasteiger charge is -2.36. The van der Waals surface area contributed by atoms with Crippen molar-refractivity contribution in [3.05, 3.63) is 64.3 Å². The molecule has 1 saturated heterocycles. The topological polar surface area (TPSA) is 47.9 Å². The first-order chi connectivity index (χ1) is 12.7. The Balaban J connectivity index is 2.17. The van der Waals surface area contributed by atoms with E-state index in [1.54, 1.807) is 0 Å². The summed E-state index contributed by atoms with van der Waals surface area (Å²) in [6.45, 7) is 10.0. The third-order valence-corrected chi connectivity index (χ3v) is 5.11. The van der Waals surface area contributed by atoms with Gasteiger partial charge in [-0.1, -0.05) is 37.2 Å². The van der Waals surface area contributed by atoms with Crippen LogP contribution >= 0.6 is 11.6 Å². The van der Waals surface area contributed by atoms with Crippen LogP contribution in [0.25, 0.3) is 6.08 Å². The second-order valence-electron chi connectivity index (χ2n) is 6.58. The van der Waals surface area contributed by atoms with Crippen molar-refractivity contribution < 1.29 is 5.11 Å². The van der Waals surface area contributed by atoms with Crippen LogP contribution < -0.4 is 5.32 Å². The molecule has 0 radical (unpaired) electrons. The van der Waals surface area contributed by atoms with E-state index < -0.39 is 0 Å². The van der Waals surface area contributed by atoms with E-state index in [9.17, 15) is 5.11 Å². The normalized spacial score (nSPS) is 23.2. The molecule has 0 saturated carbocycles. The van der Waals surface area contributed by atoms with Crippen molar-refractivity contribution in [3.8, 4) is 0 Å². The van der Waals surface area contributed by atoms with Gasteiger partial charge in [-0.3, -0.25) is 9.89 Å². The summed E-state index contributed by atoms with van der Waals surface area (Å²) < 4.78 is 0. The number of halogens is 1. The molecule has 5 heteroatoms. The Labute approximate surface area is 160 Å². The molecule has 2 aliphatic rings. The molecule has 4 nitrogen and oxygen atoms in total. The van der Waals surface area contributed by atoms with Gasteiger partial charge in [-0.25, -0.2) is 0 Å². The van der Waals surface area contributed by atoms with Gasteiger partial charge in [-0.05, 0) is 46.9 Å². The summed E-state index contributed by atoms with van der Waals surface area (Å²) >= 11 is 6.25. The van der Waals surface area contributed by atoms with Crippen molar-refractivity contribution in [1.29, 1.82) is 0 Å². The molecule has 1 aliphatic heterocycles. The van der Waals surface area contributed by atoms with Crippen LogP contribution in [0.5, 0.6) is 0 Å². The molecule has 0 bridgehead atoms. The first kappa shape index (κ1) is 19.1. The Morgan fingerprint density at radius 1 is 1.38 bits per heavy atom. The number of nitrogens with one attached hydrogen (secondary N) is 1. The lowest BCUT2D eigenvalue weighted by molar-refractivity contribution is 0.214. The molecule has 1 atom stereocenters. The van der Waals surface area contributed by atoms with Crippen LogP contribution in [0.1, 0.15) is 30.5 Å². The van der Waals surface area contributed by atoms with Crippen LogP contribution in [0.4, 0.5) is 0 Å². The number of hydrogen-bond donors (Lipinski definition) is 2. The minimum absolute atomic E-state index is 0.00123. The number of benzene rings is 1. The van der Waals surface area contributed by atoms with Gasteiger partial charge in [0.1, 0.15) is 0 Å². The van der Waals surface area contributed by atoms with E-state index in [1.165, 1.54) is 0 Å². The minimum atomic E-state index is -0.0738. The van der Waals surface area contributed by atoms with Crippen molar-refractivity contribution in [2.45, 2.75) is 19.4 Å². The Kier molecular flexibility index (Phi) is 6.43. The monoisotopic (exact) mass is 371 g/mol. The molecule has 0 amide bonds. The van der Waals surface area contributed by atoms with Crippen LogP contribution in [-0.4, -0.2) is 48.5 Å². The lowest BCUT2D eigenvalue weighted by atomic mass is 9.93. The molecule has 1 aromatic rings. The van der Waals surface area contributed by atoms with Gasteiger partial charge >= 0.3 is 0 Å². The fraction of sp³-hybridized carbons (Fsp3) is 0.381. The number of piperazine rings is 1. The predicted octanol–water partition coefficient (Wildman–Crippen LogP) is 3.60. The van der Waals surface area contributed by atoms with E-state index >= 15 is 0 Å². The van der Waals surface area contributed by atoms with Gasteiger partial charge in [0, 0.05) is 37.4 Å². The Hall–Kier alpha value is -1.72. The van der Waals surface area contributed by atoms with Gasteiger partial charge in [0.25, 0.3) is 0 Å². The molecule has 1 unspecified atom stereocenters. The van der Waals surface area contributed by atoms with E-state index in [4.69, 9.17) is 16.6 Å². The van der Waals surface area contributed by atoms with Crippen molar-refractivity contribution in [2.24, 2.45) is 4.99 Å². The van der Waals surface area contributed by atoms with Crippen LogP contribution in [0, 0.1) is 0 Å². The number of fused-ring (bicyclic) bond motifs is 1. The first-order valence-electron chi connectivity index (χ1n) is 9.13. The van der Waals surface area contributed by atoms with E-state index in [-0.39, 0.29) is 12.6 Å². The molecule has 1 heterocycles. The maximum Gasteiger partial charge on any atom is 0.0789 e. The third kappa shape index (κ3) is 3.99. The summed E-state index contributed by atoms with van der Waals surface area (Å²) in [5.74, 6) is 0. The highest BCUT2D eigenvalue weighted by atomic mass is 35.5. The maximum atomic E-state index is 9.91. The van der Waals surface area contributed by atoms with Crippen LogP contribution in [-0.2, 0) is 0 Å². The largest absolute Gasteiger partial charge is 0.392 e. The standard InChI is InChI=1S/C21H26ClN3O/c1-3-4-7-24-20-15(2)17(14-26)12-16-13-18(22)5-6-19(16)21(20)25-10-8-23-9-11-25/h4-7,12-13,21,23,26H,2-3,8-11,14H2,1H3/b7-4-,24-20?. The molecule has 0 spiro atoms. The first-order valence-corrected chi connectivity index (χ1v) is 9.51. The van der Waals surface area contributed by atoms with Crippen molar-refractivity contribution >= 4 is 23.4 Å². The number of aliphatic hydroxyl groups excluding tert-OH is 1. The third-order valence-electron chi connectivity index (χ3n) is 4.87. The summed E-state index contributed by atoms with van der Waals surface area (Å²) in [5, 5.41) is 14.0. The molecule has 1 aliphatic carbocycles. The molecule has 1 aromatic carbocycles. The Morgan fingerprint density at radius 2 is 2.15 bits per heavy atom. The van der Waals surface area contributed by atoms with Gasteiger partial charge in [-0.15, -0.1) is 0 Å². The van der Waals surface area contributed by atoms with Gasteiger partial charge in [0.15, 0.2) is 0 Å². The molecule has 1 fully saturated rings. The van der Waals surface area contributed by atoms with Crippen LogP contribution in [0.15, 0.2) is 53.2 Å². The molecule has 26 heavy (non-hydrogen) atoms. The minimum Gasteiger partial charge on any atom is -0.392 e. The summed E-state index contributed by atoms with van der Waals surface area (Å²) in [4.78, 5) is 7.21. The van der Waals surface area contributed by atoms with Gasteiger partial charge in [-0.2, -0.15) is 0 Å². The zero-order valence-corrected chi connectivity index (χ0v) is 16.0. The van der Waals surface area contributed by atoms with Crippen molar-refractivity contribution in [3.63, 3.8) is 0 Å². The number of rotatable bonds is 4. The Bertz CT molecular complexity index is 761. The second kappa shape index (κ2) is 8.78. The van der Waals surface area contributed by atoms with Gasteiger partial charge in [0.2, 0.25) is 0 Å². The second-order valence-corrected chi connectivity index (χ2v) is 7.01. The zero-order chi connectivity index (χ0) is 18.5. The quantitative estimate of drug-likeness (QED) is 0.850. The number of hydrogen-bond acceptors (Lipinski definition) is 4. The predicted molar refractivity (Wildman–Crippen MR) is 110 cm³/mol. The summed E-state index contributed by atoms with van der Waals surface area (Å²) in [5.41, 5.74) is 4.66. The molecular formula is C21H26ClN3O. The summed E-state index contributed by atoms with van der Waals surface area (Å²) in [6.07, 6.45) is 6.80. The molecule has 0 aromatic heterocycles. The molecular weight excluding hydrogens is 346 g/mol. The van der Waals surface area contributed by atoms with E-state index in [0.717, 1.165) is 60.6 Å². The maximum absolute atomic E-state index is 9.91. The van der Waals surface area contributed by atoms with E-state index in [2.05, 4.69) is 29.8 Å². The highest BCUT2D eigenvalue weighted by Gasteiger charge is 2.32. The fourth-order valence-corrected chi connectivity index (χ4v) is 3.69. The number of aliphatic hydroxyl groups is 1. The highest BCUT2D eigenvalue weighted by molar-refractivity contribution is 6.30. The lowest BCUT2D eigenvalue weighted by Crippen LogP contribution is -2.47. The van der Waals surface area contributed by atoms with Gasteiger partial charge < -0.3 is 10.4 Å². The van der Waals surface area contributed by atoms with Crippen LogP contribution in [0.3, 0.4) is 0 Å². The smallest absolute Gasteiger partial charge is 0.0789 e. The highest BCUT2D eigenvalue weighted by Crippen LogP contribution is 2.36. The molecule has 138 valence electrons. The molecule has 3 rings (SSSR count). The number of aliphatic imine (C=N–C) groups is 1. The molecule has 2 N–H and O–H groups in total. The van der Waals surface area contributed by atoms with E-state index in [1.807, 2.05) is 30.5 Å². The zero-order valence-electron chi connectivity index (χ0n) is 15.2. The number of nitrogens with zero attached hydrogens (tertiary/aromatic N) is 2. The fourth-order valence-electron chi connectivity index (χ4n) is 3.51. The average Bonchev–Trinajstić information content (AvgIpc) is 2.77. The van der Waals surface area contributed by atoms with Crippen molar-refractivity contribution in [2.75, 3.05) is 32.8 Å². The average molecular weight is 372 g/mol. The van der Waals surface area contributed by atoms with Crippen LogP contribution in [0.2, 0.25) is 5.02 Å².